The molecule has 0 saturated carbocycles. The molecule has 0 radical (unpaired) electrons. The second kappa shape index (κ2) is 8.89. The van der Waals surface area contributed by atoms with Gasteiger partial charge in [-0.2, -0.15) is 0 Å². The maximum absolute atomic E-state index is 12.2. The van der Waals surface area contributed by atoms with Gasteiger partial charge in [0.2, 0.25) is 5.91 Å². The van der Waals surface area contributed by atoms with Gasteiger partial charge >= 0.3 is 5.97 Å². The fourth-order valence-corrected chi connectivity index (χ4v) is 2.49. The summed E-state index contributed by atoms with van der Waals surface area (Å²) in [4.78, 5) is 23.1. The lowest BCUT2D eigenvalue weighted by molar-refractivity contribution is -0.138. The molecule has 0 spiro atoms. The summed E-state index contributed by atoms with van der Waals surface area (Å²) in [6.07, 6.45) is 0.858. The van der Waals surface area contributed by atoms with Crippen LogP contribution in [-0.2, 0) is 16.0 Å². The van der Waals surface area contributed by atoms with Crippen LogP contribution in [0.4, 0.5) is 5.69 Å². The van der Waals surface area contributed by atoms with Crippen LogP contribution < -0.4 is 14.8 Å². The summed E-state index contributed by atoms with van der Waals surface area (Å²) in [5, 5.41) is 11.8. The van der Waals surface area contributed by atoms with Crippen molar-refractivity contribution in [2.24, 2.45) is 0 Å². The van der Waals surface area contributed by atoms with Gasteiger partial charge in [-0.25, -0.2) is 0 Å². The molecular formula is C20H23NO5. The number of rotatable bonds is 8. The van der Waals surface area contributed by atoms with E-state index in [-0.39, 0.29) is 5.91 Å². The number of methoxy groups -OCH3 is 2. The maximum Gasteiger partial charge on any atom is 0.310 e. The number of carboxylic acids is 1. The van der Waals surface area contributed by atoms with Crippen molar-refractivity contribution in [1.29, 1.82) is 0 Å². The Labute approximate surface area is 152 Å². The van der Waals surface area contributed by atoms with E-state index >= 15 is 0 Å². The minimum atomic E-state index is -0.879. The van der Waals surface area contributed by atoms with Gasteiger partial charge in [0.15, 0.2) is 0 Å². The molecule has 2 N–H and O–H groups in total. The van der Waals surface area contributed by atoms with Gasteiger partial charge in [-0.05, 0) is 48.7 Å². The van der Waals surface area contributed by atoms with Crippen LogP contribution in [-0.4, -0.2) is 31.2 Å². The van der Waals surface area contributed by atoms with Crippen LogP contribution in [0.3, 0.4) is 0 Å². The predicted molar refractivity (Wildman–Crippen MR) is 99.0 cm³/mol. The van der Waals surface area contributed by atoms with E-state index in [2.05, 4.69) is 5.32 Å². The van der Waals surface area contributed by atoms with Crippen molar-refractivity contribution in [3.8, 4) is 11.5 Å². The summed E-state index contributed by atoms with van der Waals surface area (Å²) < 4.78 is 10.4. The van der Waals surface area contributed by atoms with E-state index in [1.54, 1.807) is 51.5 Å². The van der Waals surface area contributed by atoms with E-state index in [0.717, 1.165) is 5.56 Å². The third kappa shape index (κ3) is 5.24. The number of aliphatic carboxylic acids is 1. The van der Waals surface area contributed by atoms with Crippen LogP contribution in [0.1, 0.15) is 30.4 Å². The Kier molecular flexibility index (Phi) is 6.60. The van der Waals surface area contributed by atoms with E-state index in [9.17, 15) is 9.59 Å². The van der Waals surface area contributed by atoms with Crippen molar-refractivity contribution in [1.82, 2.24) is 0 Å². The first-order valence-corrected chi connectivity index (χ1v) is 8.27. The Morgan fingerprint density at radius 2 is 1.62 bits per heavy atom. The Bertz CT molecular complexity index is 748. The molecule has 0 heterocycles. The lowest BCUT2D eigenvalue weighted by Gasteiger charge is -2.10. The smallest absolute Gasteiger partial charge is 0.310 e. The Morgan fingerprint density at radius 3 is 2.12 bits per heavy atom. The van der Waals surface area contributed by atoms with Crippen molar-refractivity contribution >= 4 is 17.6 Å². The van der Waals surface area contributed by atoms with Crippen molar-refractivity contribution in [3.05, 3.63) is 53.6 Å². The van der Waals surface area contributed by atoms with Gasteiger partial charge < -0.3 is 19.9 Å². The standard InChI is InChI=1S/C20H23NO5/c1-13(20(23)24)15-5-7-16(8-6-15)21-19(22)9-4-14-10-17(25-2)12-18(11-14)26-3/h5-8,10-13H,4,9H2,1-3H3,(H,21,22)(H,23,24). The highest BCUT2D eigenvalue weighted by Gasteiger charge is 2.13. The van der Waals surface area contributed by atoms with E-state index in [4.69, 9.17) is 14.6 Å². The third-order valence-corrected chi connectivity index (χ3v) is 4.12. The number of amides is 1. The van der Waals surface area contributed by atoms with Gasteiger partial charge in [-0.15, -0.1) is 0 Å². The zero-order valence-electron chi connectivity index (χ0n) is 15.1. The molecule has 2 aromatic rings. The van der Waals surface area contributed by atoms with Crippen molar-refractivity contribution in [2.45, 2.75) is 25.7 Å². The lowest BCUT2D eigenvalue weighted by Crippen LogP contribution is -2.13. The first-order chi connectivity index (χ1) is 12.4. The normalized spacial score (nSPS) is 11.5. The summed E-state index contributed by atoms with van der Waals surface area (Å²) in [6, 6.07) is 12.4. The van der Waals surface area contributed by atoms with Gasteiger partial charge in [0.1, 0.15) is 11.5 Å². The minimum Gasteiger partial charge on any atom is -0.497 e. The van der Waals surface area contributed by atoms with Crippen molar-refractivity contribution in [2.75, 3.05) is 19.5 Å². The van der Waals surface area contributed by atoms with E-state index < -0.39 is 11.9 Å². The Morgan fingerprint density at radius 1 is 1.04 bits per heavy atom. The van der Waals surface area contributed by atoms with Crippen LogP contribution in [0.2, 0.25) is 0 Å². The van der Waals surface area contributed by atoms with Gasteiger partial charge in [0.25, 0.3) is 0 Å². The molecule has 0 aromatic heterocycles. The highest BCUT2D eigenvalue weighted by Crippen LogP contribution is 2.23. The second-order valence-corrected chi connectivity index (χ2v) is 5.95. The average molecular weight is 357 g/mol. The molecule has 0 bridgehead atoms. The highest BCUT2D eigenvalue weighted by atomic mass is 16.5. The third-order valence-electron chi connectivity index (χ3n) is 4.12. The molecule has 1 amide bonds. The summed E-state index contributed by atoms with van der Waals surface area (Å²) >= 11 is 0. The predicted octanol–water partition coefficient (Wildman–Crippen LogP) is 3.46. The highest BCUT2D eigenvalue weighted by molar-refractivity contribution is 5.91. The molecule has 6 heteroatoms. The molecule has 1 atom stereocenters. The zero-order valence-corrected chi connectivity index (χ0v) is 15.1. The van der Waals surface area contributed by atoms with Gasteiger partial charge in [0, 0.05) is 18.2 Å². The number of nitrogens with one attached hydrogen (secondary N) is 1. The van der Waals surface area contributed by atoms with Crippen LogP contribution >= 0.6 is 0 Å². The number of hydrogen-bond acceptors (Lipinski definition) is 4. The van der Waals surface area contributed by atoms with Crippen molar-refractivity contribution in [3.63, 3.8) is 0 Å². The number of aryl methyl sites for hydroxylation is 1. The number of anilines is 1. The lowest BCUT2D eigenvalue weighted by atomic mass is 10.0. The summed E-state index contributed by atoms with van der Waals surface area (Å²) in [6.45, 7) is 1.62. The van der Waals surface area contributed by atoms with E-state index in [0.29, 0.717) is 35.6 Å². The number of carbonyl (C=O) groups excluding carboxylic acids is 1. The van der Waals surface area contributed by atoms with Gasteiger partial charge in [-0.3, -0.25) is 9.59 Å². The SMILES string of the molecule is COc1cc(CCC(=O)Nc2ccc(C(C)C(=O)O)cc2)cc(OC)c1. The molecule has 26 heavy (non-hydrogen) atoms. The molecule has 138 valence electrons. The first-order valence-electron chi connectivity index (χ1n) is 8.27. The molecule has 0 aliphatic heterocycles. The number of carboxylic acid groups (broad SMARTS) is 1. The fourth-order valence-electron chi connectivity index (χ4n) is 2.49. The minimum absolute atomic E-state index is 0.120. The van der Waals surface area contributed by atoms with Crippen LogP contribution in [0.15, 0.2) is 42.5 Å². The Hall–Kier alpha value is -3.02. The number of ether oxygens (including phenoxy) is 2. The van der Waals surface area contributed by atoms with Crippen molar-refractivity contribution < 1.29 is 24.2 Å². The number of benzene rings is 2. The Balaban J connectivity index is 1.94. The second-order valence-electron chi connectivity index (χ2n) is 5.95. The molecule has 0 fully saturated rings. The quantitative estimate of drug-likeness (QED) is 0.756. The molecule has 2 rings (SSSR count). The largest absolute Gasteiger partial charge is 0.497 e. The topological polar surface area (TPSA) is 84.9 Å². The molecule has 2 aromatic carbocycles. The van der Waals surface area contributed by atoms with Gasteiger partial charge in [0.05, 0.1) is 20.1 Å². The fraction of sp³-hybridized carbons (Fsp3) is 0.300. The summed E-state index contributed by atoms with van der Waals surface area (Å²) in [5.41, 5.74) is 2.28. The zero-order chi connectivity index (χ0) is 19.1. The average Bonchev–Trinajstić information content (AvgIpc) is 2.66. The summed E-state index contributed by atoms with van der Waals surface area (Å²) in [7, 11) is 3.17. The molecule has 1 unspecified atom stereocenters. The monoisotopic (exact) mass is 357 g/mol. The molecule has 0 saturated heterocycles. The van der Waals surface area contributed by atoms with Gasteiger partial charge in [-0.1, -0.05) is 12.1 Å². The number of carbonyl (C=O) groups is 2. The first kappa shape index (κ1) is 19.3. The van der Waals surface area contributed by atoms with Crippen LogP contribution in [0.5, 0.6) is 11.5 Å². The summed E-state index contributed by atoms with van der Waals surface area (Å²) in [5.74, 6) is -0.213. The molecule has 0 aliphatic rings. The van der Waals surface area contributed by atoms with E-state index in [1.807, 2.05) is 12.1 Å². The van der Waals surface area contributed by atoms with Crippen LogP contribution in [0.25, 0.3) is 0 Å². The molecule has 6 nitrogen and oxygen atoms in total. The number of hydrogen-bond donors (Lipinski definition) is 2. The van der Waals surface area contributed by atoms with E-state index in [1.165, 1.54) is 0 Å². The molecule has 0 aliphatic carbocycles. The van der Waals surface area contributed by atoms with Crippen LogP contribution in [0, 0.1) is 0 Å². The maximum atomic E-state index is 12.2. The molecular weight excluding hydrogens is 334 g/mol.